The van der Waals surface area contributed by atoms with E-state index in [1.54, 1.807) is 7.05 Å². The molecule has 1 aliphatic heterocycles. The SMILES string of the molecule is CNc1ccc([N+](=O)[O-])c(N2CC(O)C(O)C2)n1. The van der Waals surface area contributed by atoms with Crippen molar-refractivity contribution >= 4 is 17.3 Å². The molecule has 0 aromatic carbocycles. The van der Waals surface area contributed by atoms with Crippen LogP contribution in [-0.4, -0.2) is 52.5 Å². The van der Waals surface area contributed by atoms with Crippen molar-refractivity contribution in [1.82, 2.24) is 4.98 Å². The van der Waals surface area contributed by atoms with E-state index in [9.17, 15) is 20.3 Å². The second-order valence-electron chi connectivity index (χ2n) is 4.09. The monoisotopic (exact) mass is 254 g/mol. The first-order chi connectivity index (χ1) is 8.52. The fourth-order valence-corrected chi connectivity index (χ4v) is 1.90. The molecule has 1 aromatic rings. The molecule has 0 amide bonds. The average Bonchev–Trinajstić information content (AvgIpc) is 2.68. The van der Waals surface area contributed by atoms with Gasteiger partial charge in [0.1, 0.15) is 5.82 Å². The third-order valence-electron chi connectivity index (χ3n) is 2.87. The molecule has 98 valence electrons. The van der Waals surface area contributed by atoms with Gasteiger partial charge < -0.3 is 20.4 Å². The largest absolute Gasteiger partial charge is 0.389 e. The Hall–Kier alpha value is -1.93. The molecule has 2 atom stereocenters. The van der Waals surface area contributed by atoms with Gasteiger partial charge in [0.2, 0.25) is 5.82 Å². The van der Waals surface area contributed by atoms with Gasteiger partial charge in [-0.2, -0.15) is 0 Å². The summed E-state index contributed by atoms with van der Waals surface area (Å²) in [5.74, 6) is 0.647. The van der Waals surface area contributed by atoms with E-state index in [-0.39, 0.29) is 24.6 Å². The van der Waals surface area contributed by atoms with Gasteiger partial charge in [0.15, 0.2) is 0 Å². The molecule has 8 heteroatoms. The predicted octanol–water partition coefficient (Wildman–Crippen LogP) is -0.427. The van der Waals surface area contributed by atoms with Gasteiger partial charge in [0.25, 0.3) is 0 Å². The fourth-order valence-electron chi connectivity index (χ4n) is 1.90. The molecule has 18 heavy (non-hydrogen) atoms. The van der Waals surface area contributed by atoms with Crippen LogP contribution in [0.25, 0.3) is 0 Å². The first-order valence-electron chi connectivity index (χ1n) is 5.47. The maximum atomic E-state index is 10.9. The van der Waals surface area contributed by atoms with E-state index in [4.69, 9.17) is 0 Å². The Kier molecular flexibility index (Phi) is 3.30. The molecule has 1 aromatic heterocycles. The number of pyridine rings is 1. The summed E-state index contributed by atoms with van der Waals surface area (Å²) in [6.07, 6.45) is -1.82. The fraction of sp³-hybridized carbons (Fsp3) is 0.500. The quantitative estimate of drug-likeness (QED) is 0.495. The molecule has 2 unspecified atom stereocenters. The summed E-state index contributed by atoms with van der Waals surface area (Å²) in [5.41, 5.74) is -0.143. The number of aliphatic hydroxyl groups is 2. The van der Waals surface area contributed by atoms with Crippen molar-refractivity contribution < 1.29 is 15.1 Å². The van der Waals surface area contributed by atoms with Gasteiger partial charge in [0.05, 0.1) is 17.1 Å². The number of β-amino-alcohol motifs (C(OH)–C–C–N with tert-alkyl or cyclic N) is 2. The van der Waals surface area contributed by atoms with Crippen LogP contribution in [0.4, 0.5) is 17.3 Å². The molecule has 0 bridgehead atoms. The molecule has 1 saturated heterocycles. The highest BCUT2D eigenvalue weighted by molar-refractivity contribution is 5.62. The van der Waals surface area contributed by atoms with Crippen LogP contribution in [0.1, 0.15) is 0 Å². The van der Waals surface area contributed by atoms with Gasteiger partial charge >= 0.3 is 5.69 Å². The van der Waals surface area contributed by atoms with Crippen LogP contribution in [-0.2, 0) is 0 Å². The summed E-state index contributed by atoms with van der Waals surface area (Å²) in [7, 11) is 1.66. The van der Waals surface area contributed by atoms with Crippen molar-refractivity contribution in [2.45, 2.75) is 12.2 Å². The highest BCUT2D eigenvalue weighted by Crippen LogP contribution is 2.30. The molecule has 0 saturated carbocycles. The minimum absolute atomic E-state index is 0.127. The molecule has 0 aliphatic carbocycles. The van der Waals surface area contributed by atoms with E-state index in [2.05, 4.69) is 10.3 Å². The van der Waals surface area contributed by atoms with Crippen LogP contribution < -0.4 is 10.2 Å². The van der Waals surface area contributed by atoms with Crippen LogP contribution in [0.5, 0.6) is 0 Å². The Morgan fingerprint density at radius 1 is 1.44 bits per heavy atom. The van der Waals surface area contributed by atoms with Gasteiger partial charge in [-0.3, -0.25) is 10.1 Å². The van der Waals surface area contributed by atoms with Crippen LogP contribution in [0.15, 0.2) is 12.1 Å². The van der Waals surface area contributed by atoms with Crippen molar-refractivity contribution in [2.75, 3.05) is 30.4 Å². The molecular formula is C10H14N4O4. The van der Waals surface area contributed by atoms with Gasteiger partial charge in [-0.15, -0.1) is 0 Å². The Morgan fingerprint density at radius 3 is 2.56 bits per heavy atom. The predicted molar refractivity (Wildman–Crippen MR) is 64.7 cm³/mol. The molecule has 0 radical (unpaired) electrons. The number of nitro groups is 1. The summed E-state index contributed by atoms with van der Waals surface area (Å²) in [5, 5.41) is 32.7. The Morgan fingerprint density at radius 2 is 2.06 bits per heavy atom. The Bertz CT molecular complexity index is 457. The molecule has 1 aliphatic rings. The number of nitrogens with one attached hydrogen (secondary N) is 1. The molecule has 2 rings (SSSR count). The van der Waals surface area contributed by atoms with E-state index < -0.39 is 17.1 Å². The van der Waals surface area contributed by atoms with Gasteiger partial charge in [-0.05, 0) is 6.07 Å². The number of aromatic nitrogens is 1. The highest BCUT2D eigenvalue weighted by Gasteiger charge is 2.34. The zero-order valence-corrected chi connectivity index (χ0v) is 9.78. The third-order valence-corrected chi connectivity index (χ3v) is 2.87. The molecule has 2 heterocycles. The minimum Gasteiger partial charge on any atom is -0.389 e. The minimum atomic E-state index is -0.912. The number of aliphatic hydroxyl groups excluding tert-OH is 2. The van der Waals surface area contributed by atoms with E-state index in [0.29, 0.717) is 5.82 Å². The van der Waals surface area contributed by atoms with Crippen LogP contribution in [0.3, 0.4) is 0 Å². The summed E-state index contributed by atoms with van der Waals surface area (Å²) in [4.78, 5) is 16.0. The molecule has 1 fully saturated rings. The second-order valence-corrected chi connectivity index (χ2v) is 4.09. The Labute approximate surface area is 103 Å². The van der Waals surface area contributed by atoms with Crippen LogP contribution >= 0.6 is 0 Å². The summed E-state index contributed by atoms with van der Waals surface area (Å²) < 4.78 is 0. The summed E-state index contributed by atoms with van der Waals surface area (Å²) in [6, 6.07) is 2.86. The zero-order chi connectivity index (χ0) is 13.3. The maximum absolute atomic E-state index is 10.9. The number of hydrogen-bond donors (Lipinski definition) is 3. The molecular weight excluding hydrogens is 240 g/mol. The van der Waals surface area contributed by atoms with Gasteiger partial charge in [0, 0.05) is 26.2 Å². The lowest BCUT2D eigenvalue weighted by Crippen LogP contribution is -2.23. The van der Waals surface area contributed by atoms with E-state index in [0.717, 1.165) is 0 Å². The average molecular weight is 254 g/mol. The molecule has 8 nitrogen and oxygen atoms in total. The lowest BCUT2D eigenvalue weighted by Gasteiger charge is -2.16. The molecule has 3 N–H and O–H groups in total. The van der Waals surface area contributed by atoms with E-state index >= 15 is 0 Å². The Balaban J connectivity index is 2.38. The number of rotatable bonds is 3. The van der Waals surface area contributed by atoms with Crippen molar-refractivity contribution in [1.29, 1.82) is 0 Å². The standard InChI is InChI=1S/C10H14N4O4/c1-11-9-3-2-6(14(17)18)10(12-9)13-4-7(15)8(16)5-13/h2-3,7-8,15-16H,4-5H2,1H3,(H,11,12). The first-order valence-corrected chi connectivity index (χ1v) is 5.47. The molecule has 0 spiro atoms. The van der Waals surface area contributed by atoms with Crippen molar-refractivity contribution in [3.8, 4) is 0 Å². The maximum Gasteiger partial charge on any atom is 0.311 e. The van der Waals surface area contributed by atoms with E-state index in [1.807, 2.05) is 0 Å². The summed E-state index contributed by atoms with van der Waals surface area (Å²) >= 11 is 0. The lowest BCUT2D eigenvalue weighted by molar-refractivity contribution is -0.384. The van der Waals surface area contributed by atoms with Crippen molar-refractivity contribution in [3.05, 3.63) is 22.2 Å². The van der Waals surface area contributed by atoms with Gasteiger partial charge in [-0.25, -0.2) is 4.98 Å². The number of hydrogen-bond acceptors (Lipinski definition) is 7. The van der Waals surface area contributed by atoms with Crippen LogP contribution in [0, 0.1) is 10.1 Å². The van der Waals surface area contributed by atoms with Crippen molar-refractivity contribution in [3.63, 3.8) is 0 Å². The number of anilines is 2. The normalized spacial score (nSPS) is 23.2. The second kappa shape index (κ2) is 4.75. The topological polar surface area (TPSA) is 112 Å². The number of nitrogens with zero attached hydrogens (tertiary/aromatic N) is 3. The van der Waals surface area contributed by atoms with Gasteiger partial charge in [-0.1, -0.05) is 0 Å². The summed E-state index contributed by atoms with van der Waals surface area (Å²) in [6.45, 7) is 0.254. The van der Waals surface area contributed by atoms with Crippen molar-refractivity contribution in [2.24, 2.45) is 0 Å². The third kappa shape index (κ3) is 2.20. The first kappa shape index (κ1) is 12.5. The smallest absolute Gasteiger partial charge is 0.311 e. The van der Waals surface area contributed by atoms with Crippen LogP contribution in [0.2, 0.25) is 0 Å². The highest BCUT2D eigenvalue weighted by atomic mass is 16.6. The zero-order valence-electron chi connectivity index (χ0n) is 9.78. The van der Waals surface area contributed by atoms with E-state index in [1.165, 1.54) is 17.0 Å². The lowest BCUT2D eigenvalue weighted by atomic mass is 10.3.